The zero-order valence-corrected chi connectivity index (χ0v) is 16.9. The van der Waals surface area contributed by atoms with Gasteiger partial charge in [0.25, 0.3) is 0 Å². The van der Waals surface area contributed by atoms with Gasteiger partial charge in [0.1, 0.15) is 0 Å². The second-order valence-corrected chi connectivity index (χ2v) is 8.68. The minimum atomic E-state index is -3.57. The van der Waals surface area contributed by atoms with Gasteiger partial charge in [-0.1, -0.05) is 6.42 Å². The third kappa shape index (κ3) is 5.52. The van der Waals surface area contributed by atoms with Crippen LogP contribution in [0, 0.1) is 0 Å². The summed E-state index contributed by atoms with van der Waals surface area (Å²) >= 11 is 0. The molecule has 0 saturated carbocycles. The summed E-state index contributed by atoms with van der Waals surface area (Å²) < 4.78 is 32.3. The van der Waals surface area contributed by atoms with E-state index >= 15 is 0 Å². The third-order valence-corrected chi connectivity index (χ3v) is 6.83. The first-order valence-electron chi connectivity index (χ1n) is 9.34. The van der Waals surface area contributed by atoms with E-state index in [4.69, 9.17) is 4.74 Å². The number of rotatable bonds is 7. The van der Waals surface area contributed by atoms with Gasteiger partial charge in [-0.05, 0) is 57.9 Å². The summed E-state index contributed by atoms with van der Waals surface area (Å²) in [6.07, 6.45) is 2.78. The predicted octanol–water partition coefficient (Wildman–Crippen LogP) is 2.92. The highest BCUT2D eigenvalue weighted by molar-refractivity contribution is 7.89. The lowest BCUT2D eigenvalue weighted by molar-refractivity contribution is -0.144. The molecule has 0 unspecified atom stereocenters. The maximum atomic E-state index is 13.0. The molecule has 1 saturated heterocycles. The lowest BCUT2D eigenvalue weighted by Gasteiger charge is -2.37. The Morgan fingerprint density at radius 1 is 1.11 bits per heavy atom. The van der Waals surface area contributed by atoms with E-state index in [1.54, 1.807) is 23.4 Å². The number of nitrogens with one attached hydrogen (secondary N) is 1. The van der Waals surface area contributed by atoms with Gasteiger partial charge in [0.15, 0.2) is 0 Å². The molecular weight excluding hydrogens is 368 g/mol. The molecule has 1 N–H and O–H groups in total. The molecule has 1 aliphatic heterocycles. The van der Waals surface area contributed by atoms with Crippen LogP contribution in [0.25, 0.3) is 0 Å². The molecule has 8 heteroatoms. The van der Waals surface area contributed by atoms with E-state index in [1.807, 2.05) is 13.8 Å². The molecule has 1 amide bonds. The molecule has 1 aliphatic rings. The van der Waals surface area contributed by atoms with Crippen LogP contribution in [-0.2, 0) is 24.3 Å². The fraction of sp³-hybridized carbons (Fsp3) is 0.579. The zero-order valence-electron chi connectivity index (χ0n) is 16.1. The fourth-order valence-electron chi connectivity index (χ4n) is 3.38. The maximum absolute atomic E-state index is 13.0. The highest BCUT2D eigenvalue weighted by Crippen LogP contribution is 2.29. The van der Waals surface area contributed by atoms with Crippen LogP contribution in [-0.4, -0.2) is 43.3 Å². The molecule has 27 heavy (non-hydrogen) atoms. The summed E-state index contributed by atoms with van der Waals surface area (Å²) in [5.41, 5.74) is 0.488. The predicted molar refractivity (Wildman–Crippen MR) is 103 cm³/mol. The van der Waals surface area contributed by atoms with E-state index in [9.17, 15) is 18.0 Å². The van der Waals surface area contributed by atoms with Crippen molar-refractivity contribution in [3.8, 4) is 0 Å². The highest BCUT2D eigenvalue weighted by Gasteiger charge is 2.35. The van der Waals surface area contributed by atoms with Crippen molar-refractivity contribution in [2.75, 3.05) is 11.9 Å². The van der Waals surface area contributed by atoms with Crippen molar-refractivity contribution in [2.24, 2.45) is 0 Å². The summed E-state index contributed by atoms with van der Waals surface area (Å²) in [7, 11) is -3.57. The third-order valence-electron chi connectivity index (χ3n) is 4.69. The second-order valence-electron chi connectivity index (χ2n) is 6.84. The summed E-state index contributed by atoms with van der Waals surface area (Å²) in [4.78, 5) is 23.4. The van der Waals surface area contributed by atoms with E-state index in [0.717, 1.165) is 19.3 Å². The topological polar surface area (TPSA) is 92.8 Å². The number of anilines is 1. The Kier molecular flexibility index (Phi) is 7.38. The molecule has 0 aromatic heterocycles. The van der Waals surface area contributed by atoms with E-state index < -0.39 is 16.0 Å². The van der Waals surface area contributed by atoms with Crippen LogP contribution in [0.3, 0.4) is 0 Å². The van der Waals surface area contributed by atoms with Crippen molar-refractivity contribution in [1.82, 2.24) is 4.31 Å². The van der Waals surface area contributed by atoms with Crippen molar-refractivity contribution in [2.45, 2.75) is 69.9 Å². The number of hydrogen-bond acceptors (Lipinski definition) is 5. The Morgan fingerprint density at radius 2 is 1.70 bits per heavy atom. The van der Waals surface area contributed by atoms with Crippen LogP contribution < -0.4 is 5.32 Å². The highest BCUT2D eigenvalue weighted by atomic mass is 32.2. The molecule has 0 radical (unpaired) electrons. The Bertz CT molecular complexity index is 751. The van der Waals surface area contributed by atoms with Crippen LogP contribution in [0.1, 0.15) is 52.9 Å². The zero-order chi connectivity index (χ0) is 20.0. The second kappa shape index (κ2) is 9.32. The molecule has 150 valence electrons. The van der Waals surface area contributed by atoms with Gasteiger partial charge in [-0.3, -0.25) is 9.59 Å². The number of ether oxygens (including phenoxy) is 1. The molecule has 1 aromatic carbocycles. The van der Waals surface area contributed by atoms with Crippen LogP contribution >= 0.6 is 0 Å². The minimum absolute atomic E-state index is 0.0108. The summed E-state index contributed by atoms with van der Waals surface area (Å²) in [5.74, 6) is -0.740. The average Bonchev–Trinajstić information content (AvgIpc) is 2.60. The average molecular weight is 397 g/mol. The van der Waals surface area contributed by atoms with E-state index in [2.05, 4.69) is 5.32 Å². The largest absolute Gasteiger partial charge is 0.466 e. The van der Waals surface area contributed by atoms with Crippen molar-refractivity contribution >= 4 is 27.6 Å². The van der Waals surface area contributed by atoms with E-state index in [-0.39, 0.29) is 42.3 Å². The van der Waals surface area contributed by atoms with Gasteiger partial charge in [0.05, 0.1) is 17.9 Å². The number of benzene rings is 1. The molecule has 2 rings (SSSR count). The summed E-state index contributed by atoms with van der Waals surface area (Å²) in [6.45, 7) is 5.86. The van der Waals surface area contributed by atoms with E-state index in [1.165, 1.54) is 12.1 Å². The molecule has 1 heterocycles. The molecule has 0 bridgehead atoms. The monoisotopic (exact) mass is 396 g/mol. The van der Waals surface area contributed by atoms with Crippen molar-refractivity contribution in [1.29, 1.82) is 0 Å². The van der Waals surface area contributed by atoms with Crippen molar-refractivity contribution in [3.05, 3.63) is 24.3 Å². The number of nitrogens with zero attached hydrogens (tertiary/aromatic N) is 1. The Morgan fingerprint density at radius 3 is 2.26 bits per heavy atom. The lowest BCUT2D eigenvalue weighted by Crippen LogP contribution is -2.47. The number of hydrogen-bond donors (Lipinski definition) is 1. The first-order chi connectivity index (χ1) is 12.8. The minimum Gasteiger partial charge on any atom is -0.466 e. The van der Waals surface area contributed by atoms with Gasteiger partial charge in [-0.2, -0.15) is 4.31 Å². The molecule has 1 fully saturated rings. The number of carbonyl (C=O) groups excluding carboxylic acids is 2. The number of amides is 1. The number of carbonyl (C=O) groups is 2. The van der Waals surface area contributed by atoms with Gasteiger partial charge in [-0.15, -0.1) is 0 Å². The Hall–Kier alpha value is -1.93. The maximum Gasteiger partial charge on any atom is 0.306 e. The van der Waals surface area contributed by atoms with Crippen LogP contribution in [0.4, 0.5) is 5.69 Å². The van der Waals surface area contributed by atoms with Crippen molar-refractivity contribution in [3.63, 3.8) is 0 Å². The SMILES string of the molecule is CCOC(=O)CCC(=O)Nc1ccc(S(=O)(=O)N2[C@H](C)CCC[C@@H]2C)cc1. The van der Waals surface area contributed by atoms with Gasteiger partial charge in [-0.25, -0.2) is 8.42 Å². The molecule has 0 aliphatic carbocycles. The number of piperidine rings is 1. The van der Waals surface area contributed by atoms with Gasteiger partial charge >= 0.3 is 5.97 Å². The number of sulfonamides is 1. The van der Waals surface area contributed by atoms with Crippen molar-refractivity contribution < 1.29 is 22.7 Å². The smallest absolute Gasteiger partial charge is 0.306 e. The normalized spacial score (nSPS) is 20.9. The first kappa shape index (κ1) is 21.4. The quantitative estimate of drug-likeness (QED) is 0.716. The first-order valence-corrected chi connectivity index (χ1v) is 10.8. The molecular formula is C19H28N2O5S. The van der Waals surface area contributed by atoms with Crippen LogP contribution in [0.15, 0.2) is 29.2 Å². The Balaban J connectivity index is 2.01. The molecule has 1 aromatic rings. The number of esters is 1. The summed E-state index contributed by atoms with van der Waals surface area (Å²) in [6, 6.07) is 6.08. The van der Waals surface area contributed by atoms with Crippen LogP contribution in [0.2, 0.25) is 0 Å². The molecule has 2 atom stereocenters. The van der Waals surface area contributed by atoms with Crippen LogP contribution in [0.5, 0.6) is 0 Å². The van der Waals surface area contributed by atoms with E-state index in [0.29, 0.717) is 5.69 Å². The lowest BCUT2D eigenvalue weighted by atomic mass is 10.0. The standard InChI is InChI=1S/C19H28N2O5S/c1-4-26-19(23)13-12-18(22)20-16-8-10-17(11-9-16)27(24,25)21-14(2)6-5-7-15(21)3/h8-11,14-15H,4-7,12-13H2,1-3H3,(H,20,22)/t14-,15+. The Labute approximate surface area is 161 Å². The molecule has 0 spiro atoms. The molecule has 7 nitrogen and oxygen atoms in total. The van der Waals surface area contributed by atoms with Gasteiger partial charge in [0, 0.05) is 24.2 Å². The van der Waals surface area contributed by atoms with Gasteiger partial charge in [0.2, 0.25) is 15.9 Å². The van der Waals surface area contributed by atoms with Gasteiger partial charge < -0.3 is 10.1 Å². The summed E-state index contributed by atoms with van der Waals surface area (Å²) in [5, 5.41) is 2.66. The fourth-order valence-corrected chi connectivity index (χ4v) is 5.26.